The van der Waals surface area contributed by atoms with Crippen molar-refractivity contribution in [2.45, 2.75) is 70.6 Å². The molecule has 2 aliphatic rings. The lowest BCUT2D eigenvalue weighted by Crippen LogP contribution is -2.17. The number of hydrogen-bond donors (Lipinski definition) is 1. The molecule has 1 N–H and O–H groups in total. The lowest BCUT2D eigenvalue weighted by Gasteiger charge is -2.22. The third-order valence-electron chi connectivity index (χ3n) is 5.46. The van der Waals surface area contributed by atoms with E-state index < -0.39 is 5.97 Å². The van der Waals surface area contributed by atoms with E-state index in [2.05, 4.69) is 11.8 Å². The Bertz CT molecular complexity index is 329. The predicted octanol–water partition coefficient (Wildman–Crippen LogP) is 4.99. The van der Waals surface area contributed by atoms with Crippen molar-refractivity contribution in [3.8, 4) is 0 Å². The van der Waals surface area contributed by atoms with Crippen LogP contribution in [-0.4, -0.2) is 35.8 Å². The number of rotatable bonds is 11. The summed E-state index contributed by atoms with van der Waals surface area (Å²) in [6, 6.07) is 0. The summed E-state index contributed by atoms with van der Waals surface area (Å²) in [5, 5.41) is 8.64. The molecule has 2 unspecified atom stereocenters. The molecule has 0 bridgehead atoms. The molecule has 0 spiro atoms. The van der Waals surface area contributed by atoms with Crippen molar-refractivity contribution < 1.29 is 14.6 Å². The summed E-state index contributed by atoms with van der Waals surface area (Å²) in [6.45, 7) is 1.91. The van der Waals surface area contributed by atoms with Crippen LogP contribution < -0.4 is 0 Å². The standard InChI is InChI=1S/C19H34O3S/c20-19(21)11-7-2-1-6-10-17-12-22-13-18(17)15-23-14-16-8-4-3-5-9-16/h16-18H,1-15H2,(H,20,21). The van der Waals surface area contributed by atoms with Gasteiger partial charge in [0, 0.05) is 13.0 Å². The summed E-state index contributed by atoms with van der Waals surface area (Å²) in [5.74, 6) is 4.45. The molecule has 23 heavy (non-hydrogen) atoms. The van der Waals surface area contributed by atoms with Gasteiger partial charge in [-0.3, -0.25) is 4.79 Å². The van der Waals surface area contributed by atoms with Crippen LogP contribution in [0.4, 0.5) is 0 Å². The second-order valence-electron chi connectivity index (χ2n) is 7.45. The molecule has 2 fully saturated rings. The van der Waals surface area contributed by atoms with Crippen LogP contribution in [0.1, 0.15) is 70.6 Å². The van der Waals surface area contributed by atoms with Gasteiger partial charge in [-0.1, -0.05) is 38.5 Å². The lowest BCUT2D eigenvalue weighted by atomic mass is 9.91. The number of carbonyl (C=O) groups is 1. The maximum Gasteiger partial charge on any atom is 0.303 e. The summed E-state index contributed by atoms with van der Waals surface area (Å²) in [4.78, 5) is 10.5. The van der Waals surface area contributed by atoms with E-state index in [0.29, 0.717) is 6.42 Å². The molecule has 1 saturated heterocycles. The Hall–Kier alpha value is -0.220. The van der Waals surface area contributed by atoms with Gasteiger partial charge in [0.1, 0.15) is 0 Å². The van der Waals surface area contributed by atoms with Crippen LogP contribution in [0.25, 0.3) is 0 Å². The van der Waals surface area contributed by atoms with Crippen molar-refractivity contribution in [3.05, 3.63) is 0 Å². The molecule has 0 aromatic heterocycles. The normalized spacial score (nSPS) is 25.7. The van der Waals surface area contributed by atoms with Crippen LogP contribution in [0.15, 0.2) is 0 Å². The zero-order chi connectivity index (χ0) is 16.3. The number of aliphatic carboxylic acids is 1. The van der Waals surface area contributed by atoms with Gasteiger partial charge in [-0.15, -0.1) is 0 Å². The third-order valence-corrected chi connectivity index (χ3v) is 6.83. The zero-order valence-electron chi connectivity index (χ0n) is 14.5. The average Bonchev–Trinajstić information content (AvgIpc) is 2.99. The first kappa shape index (κ1) is 19.1. The van der Waals surface area contributed by atoms with E-state index in [1.165, 1.54) is 62.9 Å². The number of hydrogen-bond acceptors (Lipinski definition) is 3. The Morgan fingerprint density at radius 2 is 1.70 bits per heavy atom. The van der Waals surface area contributed by atoms with Crippen molar-refractivity contribution >= 4 is 17.7 Å². The topological polar surface area (TPSA) is 46.5 Å². The van der Waals surface area contributed by atoms with Crippen LogP contribution in [0.5, 0.6) is 0 Å². The van der Waals surface area contributed by atoms with Gasteiger partial charge < -0.3 is 9.84 Å². The Morgan fingerprint density at radius 3 is 2.48 bits per heavy atom. The number of ether oxygens (including phenoxy) is 1. The molecule has 4 heteroatoms. The molecule has 2 rings (SSSR count). The van der Waals surface area contributed by atoms with Gasteiger partial charge in [0.2, 0.25) is 0 Å². The number of carboxylic acid groups (broad SMARTS) is 1. The van der Waals surface area contributed by atoms with Crippen LogP contribution in [0.2, 0.25) is 0 Å². The Kier molecular flexibility index (Phi) is 9.43. The highest BCUT2D eigenvalue weighted by molar-refractivity contribution is 7.99. The van der Waals surface area contributed by atoms with Gasteiger partial charge in [0.25, 0.3) is 0 Å². The maximum absolute atomic E-state index is 10.5. The summed E-state index contributed by atoms with van der Waals surface area (Å²) >= 11 is 2.17. The van der Waals surface area contributed by atoms with Gasteiger partial charge in [-0.05, 0) is 54.9 Å². The molecule has 3 nitrogen and oxygen atoms in total. The minimum atomic E-state index is -0.663. The van der Waals surface area contributed by atoms with Gasteiger partial charge in [0.15, 0.2) is 0 Å². The molecule has 1 saturated carbocycles. The van der Waals surface area contributed by atoms with Crippen molar-refractivity contribution in [2.75, 3.05) is 24.7 Å². The fourth-order valence-corrected chi connectivity index (χ4v) is 5.40. The molecule has 1 heterocycles. The van der Waals surface area contributed by atoms with Crippen LogP contribution >= 0.6 is 11.8 Å². The SMILES string of the molecule is O=C(O)CCCCCCC1COCC1CSCC1CCCCC1. The number of thioether (sulfide) groups is 1. The molecule has 0 aromatic carbocycles. The van der Waals surface area contributed by atoms with Gasteiger partial charge >= 0.3 is 5.97 Å². The Balaban J connectivity index is 1.51. The second-order valence-corrected chi connectivity index (χ2v) is 8.52. The van der Waals surface area contributed by atoms with Crippen molar-refractivity contribution in [3.63, 3.8) is 0 Å². The largest absolute Gasteiger partial charge is 0.481 e. The Labute approximate surface area is 145 Å². The van der Waals surface area contributed by atoms with Crippen LogP contribution in [-0.2, 0) is 9.53 Å². The van der Waals surface area contributed by atoms with Crippen LogP contribution in [0.3, 0.4) is 0 Å². The molecule has 0 aromatic rings. The third kappa shape index (κ3) is 7.93. The highest BCUT2D eigenvalue weighted by Crippen LogP contribution is 2.32. The first-order chi connectivity index (χ1) is 11.3. The number of unbranched alkanes of at least 4 members (excludes halogenated alkanes) is 3. The summed E-state index contributed by atoms with van der Waals surface area (Å²) in [6.07, 6.45) is 13.1. The first-order valence-corrected chi connectivity index (χ1v) is 10.8. The highest BCUT2D eigenvalue weighted by atomic mass is 32.2. The summed E-state index contributed by atoms with van der Waals surface area (Å²) in [5.41, 5.74) is 0. The van der Waals surface area contributed by atoms with Crippen molar-refractivity contribution in [1.82, 2.24) is 0 Å². The Morgan fingerprint density at radius 1 is 0.957 bits per heavy atom. The first-order valence-electron chi connectivity index (χ1n) is 9.63. The van der Waals surface area contributed by atoms with E-state index in [1.807, 2.05) is 0 Å². The van der Waals surface area contributed by atoms with E-state index >= 15 is 0 Å². The van der Waals surface area contributed by atoms with Crippen LogP contribution in [0, 0.1) is 17.8 Å². The molecule has 0 amide bonds. The quantitative estimate of drug-likeness (QED) is 0.537. The molecule has 134 valence electrons. The zero-order valence-corrected chi connectivity index (χ0v) is 15.3. The summed E-state index contributed by atoms with van der Waals surface area (Å²) < 4.78 is 5.73. The highest BCUT2D eigenvalue weighted by Gasteiger charge is 2.27. The smallest absolute Gasteiger partial charge is 0.303 e. The fourth-order valence-electron chi connectivity index (χ4n) is 3.92. The fraction of sp³-hybridized carbons (Fsp3) is 0.947. The molecule has 2 atom stereocenters. The van der Waals surface area contributed by atoms with E-state index in [-0.39, 0.29) is 0 Å². The molecule has 1 aliphatic heterocycles. The van der Waals surface area contributed by atoms with Gasteiger partial charge in [-0.25, -0.2) is 0 Å². The minimum Gasteiger partial charge on any atom is -0.481 e. The van der Waals surface area contributed by atoms with E-state index in [0.717, 1.165) is 43.8 Å². The van der Waals surface area contributed by atoms with Gasteiger partial charge in [0.05, 0.1) is 6.61 Å². The molecular formula is C19H34O3S. The van der Waals surface area contributed by atoms with E-state index in [9.17, 15) is 4.79 Å². The molecule has 1 aliphatic carbocycles. The van der Waals surface area contributed by atoms with Crippen molar-refractivity contribution in [2.24, 2.45) is 17.8 Å². The lowest BCUT2D eigenvalue weighted by molar-refractivity contribution is -0.137. The molecule has 0 radical (unpaired) electrons. The molecular weight excluding hydrogens is 308 g/mol. The monoisotopic (exact) mass is 342 g/mol. The number of carboxylic acids is 1. The van der Waals surface area contributed by atoms with E-state index in [4.69, 9.17) is 9.84 Å². The van der Waals surface area contributed by atoms with E-state index in [1.54, 1.807) is 0 Å². The maximum atomic E-state index is 10.5. The van der Waals surface area contributed by atoms with Gasteiger partial charge in [-0.2, -0.15) is 11.8 Å². The van der Waals surface area contributed by atoms with Crippen molar-refractivity contribution in [1.29, 1.82) is 0 Å². The second kappa shape index (κ2) is 11.4. The predicted molar refractivity (Wildman–Crippen MR) is 97.0 cm³/mol. The average molecular weight is 343 g/mol. The minimum absolute atomic E-state index is 0.326. The summed E-state index contributed by atoms with van der Waals surface area (Å²) in [7, 11) is 0.